The molecule has 232 valence electrons. The van der Waals surface area contributed by atoms with E-state index < -0.39 is 0 Å². The smallest absolute Gasteiger partial charge is 0.399 e. The molecule has 0 N–H and O–H groups in total. The molecular formula is C43H45BO2. The summed E-state index contributed by atoms with van der Waals surface area (Å²) in [5.41, 5.74) is 15.0. The first-order valence-electron chi connectivity index (χ1n) is 17.9. The van der Waals surface area contributed by atoms with Crippen LogP contribution in [0.2, 0.25) is 0 Å². The van der Waals surface area contributed by atoms with E-state index in [-0.39, 0.29) is 29.2 Å². The van der Waals surface area contributed by atoms with Crippen LogP contribution in [0.15, 0.2) is 78.9 Å². The van der Waals surface area contributed by atoms with Crippen molar-refractivity contribution in [3.05, 3.63) is 101 Å². The first kappa shape index (κ1) is 27.9. The van der Waals surface area contributed by atoms with E-state index in [0.29, 0.717) is 0 Å². The number of hydrogen-bond donors (Lipinski definition) is 0. The van der Waals surface area contributed by atoms with Crippen LogP contribution in [0.5, 0.6) is 0 Å². The summed E-state index contributed by atoms with van der Waals surface area (Å²) in [4.78, 5) is 0. The molecule has 46 heavy (non-hydrogen) atoms. The molecule has 4 aromatic rings. The van der Waals surface area contributed by atoms with Crippen LogP contribution in [0.25, 0.3) is 33.4 Å². The maximum Gasteiger partial charge on any atom is 0.494 e. The normalized spacial score (nSPS) is 31.2. The van der Waals surface area contributed by atoms with Crippen LogP contribution in [0.1, 0.15) is 95.9 Å². The Balaban J connectivity index is 1.13. The van der Waals surface area contributed by atoms with Crippen molar-refractivity contribution in [2.75, 3.05) is 0 Å². The maximum atomic E-state index is 6.50. The van der Waals surface area contributed by atoms with Crippen molar-refractivity contribution in [2.45, 2.75) is 95.7 Å². The summed E-state index contributed by atoms with van der Waals surface area (Å²) in [5.74, 6) is 3.47. The van der Waals surface area contributed by atoms with Gasteiger partial charge in [-0.1, -0.05) is 86.6 Å². The number of fused-ring (bicyclic) bond motifs is 6. The first-order valence-corrected chi connectivity index (χ1v) is 17.9. The van der Waals surface area contributed by atoms with Gasteiger partial charge in [-0.3, -0.25) is 0 Å². The van der Waals surface area contributed by atoms with Gasteiger partial charge in [0.25, 0.3) is 0 Å². The molecule has 3 heteroatoms. The molecule has 11 rings (SSSR count). The van der Waals surface area contributed by atoms with E-state index in [9.17, 15) is 0 Å². The summed E-state index contributed by atoms with van der Waals surface area (Å²) in [7, 11) is -0.364. The van der Waals surface area contributed by atoms with Crippen molar-refractivity contribution in [1.29, 1.82) is 0 Å². The van der Waals surface area contributed by atoms with Gasteiger partial charge in [-0.15, -0.1) is 0 Å². The standard InChI is InChI=1S/C43H45BO2/c1-40(2)35-16-14-27(23-33(35)34-24-30(15-17-36(34)40)44-45-41(3,4)42(5,6)46-44)31-11-9-13-38-39(31)32-10-7-8-12-37(32)43(38)28-19-25-18-26(21-28)22-29(43)20-25/h7-17,23-26,28-29H,18-22H2,1-6H3. The quantitative estimate of drug-likeness (QED) is 0.212. The maximum absolute atomic E-state index is 6.50. The van der Waals surface area contributed by atoms with E-state index in [1.165, 1.54) is 76.6 Å². The second-order valence-electron chi connectivity index (χ2n) is 17.2. The molecule has 7 aliphatic rings. The number of benzene rings is 4. The second kappa shape index (κ2) is 8.85. The third kappa shape index (κ3) is 3.37. The topological polar surface area (TPSA) is 18.5 Å². The van der Waals surface area contributed by atoms with Crippen LogP contribution >= 0.6 is 0 Å². The van der Waals surface area contributed by atoms with Gasteiger partial charge in [-0.2, -0.15) is 0 Å². The lowest BCUT2D eigenvalue weighted by molar-refractivity contribution is -0.0399. The molecule has 4 saturated carbocycles. The fourth-order valence-electron chi connectivity index (χ4n) is 11.5. The highest BCUT2D eigenvalue weighted by Gasteiger charge is 2.61. The monoisotopic (exact) mass is 604 g/mol. The minimum Gasteiger partial charge on any atom is -0.399 e. The van der Waals surface area contributed by atoms with Gasteiger partial charge in [-0.25, -0.2) is 0 Å². The Hall–Kier alpha value is -3.14. The fraction of sp³-hybridized carbons (Fsp3) is 0.442. The Kier molecular flexibility index (Phi) is 5.38. The van der Waals surface area contributed by atoms with Crippen molar-refractivity contribution in [1.82, 2.24) is 0 Å². The van der Waals surface area contributed by atoms with Crippen LogP contribution in [0.3, 0.4) is 0 Å². The highest BCUT2D eigenvalue weighted by Crippen LogP contribution is 2.70. The lowest BCUT2D eigenvalue weighted by atomic mass is 9.43. The van der Waals surface area contributed by atoms with Gasteiger partial charge < -0.3 is 9.31 Å². The number of rotatable bonds is 2. The Labute approximate surface area is 275 Å². The van der Waals surface area contributed by atoms with E-state index in [2.05, 4.69) is 120 Å². The summed E-state index contributed by atoms with van der Waals surface area (Å²) < 4.78 is 13.0. The molecule has 0 radical (unpaired) electrons. The van der Waals surface area contributed by atoms with Crippen molar-refractivity contribution >= 4 is 12.6 Å². The van der Waals surface area contributed by atoms with Gasteiger partial charge in [0, 0.05) is 10.8 Å². The van der Waals surface area contributed by atoms with Crippen LogP contribution < -0.4 is 5.46 Å². The predicted molar refractivity (Wildman–Crippen MR) is 188 cm³/mol. The van der Waals surface area contributed by atoms with E-state index >= 15 is 0 Å². The predicted octanol–water partition coefficient (Wildman–Crippen LogP) is 9.68. The minimum atomic E-state index is -0.364. The molecule has 0 unspecified atom stereocenters. The summed E-state index contributed by atoms with van der Waals surface area (Å²) in [6.45, 7) is 13.3. The molecular weight excluding hydrogens is 559 g/mol. The molecule has 4 aromatic carbocycles. The molecule has 2 nitrogen and oxygen atoms in total. The number of hydrogen-bond acceptors (Lipinski definition) is 2. The highest BCUT2D eigenvalue weighted by atomic mass is 16.7. The Morgan fingerprint density at radius 1 is 0.543 bits per heavy atom. The summed E-state index contributed by atoms with van der Waals surface area (Å²) in [5, 5.41) is 0. The van der Waals surface area contributed by atoms with Crippen LogP contribution in [0, 0.1) is 23.7 Å². The van der Waals surface area contributed by atoms with Crippen LogP contribution in [-0.4, -0.2) is 18.3 Å². The van der Waals surface area contributed by atoms with E-state index in [1.807, 2.05) is 0 Å². The van der Waals surface area contributed by atoms with E-state index in [4.69, 9.17) is 9.31 Å². The van der Waals surface area contributed by atoms with Gasteiger partial charge in [0.2, 0.25) is 0 Å². The largest absolute Gasteiger partial charge is 0.494 e. The molecule has 0 atom stereocenters. The Morgan fingerprint density at radius 3 is 1.83 bits per heavy atom. The highest BCUT2D eigenvalue weighted by molar-refractivity contribution is 6.62. The lowest BCUT2D eigenvalue weighted by Crippen LogP contribution is -2.55. The van der Waals surface area contributed by atoms with E-state index in [1.54, 1.807) is 11.1 Å². The summed E-state index contributed by atoms with van der Waals surface area (Å²) in [6.07, 6.45) is 7.16. The second-order valence-corrected chi connectivity index (χ2v) is 17.2. The third-order valence-corrected chi connectivity index (χ3v) is 14.1. The molecule has 6 aliphatic carbocycles. The SMILES string of the molecule is CC1(C)c2ccc(B3OC(C)(C)C(C)(C)O3)cc2-c2cc(-c3cccc4c3-c3ccccc3C43C4CC5CC(C4)CC3C5)ccc21. The molecule has 0 aromatic heterocycles. The molecule has 1 saturated heterocycles. The van der Waals surface area contributed by atoms with Crippen molar-refractivity contribution in [3.8, 4) is 33.4 Å². The summed E-state index contributed by atoms with van der Waals surface area (Å²) in [6, 6.07) is 31.0. The first-order chi connectivity index (χ1) is 22.0. The van der Waals surface area contributed by atoms with Gasteiger partial charge in [-0.05, 0) is 151 Å². The molecule has 5 fully saturated rings. The Bertz CT molecular complexity index is 1920. The molecule has 1 heterocycles. The van der Waals surface area contributed by atoms with Gasteiger partial charge >= 0.3 is 7.12 Å². The fourth-order valence-corrected chi connectivity index (χ4v) is 11.5. The minimum absolute atomic E-state index is 0.0622. The summed E-state index contributed by atoms with van der Waals surface area (Å²) >= 11 is 0. The van der Waals surface area contributed by atoms with E-state index in [0.717, 1.165) is 29.1 Å². The van der Waals surface area contributed by atoms with Crippen molar-refractivity contribution in [2.24, 2.45) is 23.7 Å². The molecule has 1 spiro atoms. The zero-order valence-corrected chi connectivity index (χ0v) is 28.2. The molecule has 0 amide bonds. The van der Waals surface area contributed by atoms with Crippen LogP contribution in [0.4, 0.5) is 0 Å². The average molecular weight is 605 g/mol. The molecule has 4 bridgehead atoms. The lowest BCUT2D eigenvalue weighted by Gasteiger charge is -2.61. The molecule has 1 aliphatic heterocycles. The zero-order valence-electron chi connectivity index (χ0n) is 28.2. The van der Waals surface area contributed by atoms with Gasteiger partial charge in [0.15, 0.2) is 0 Å². The van der Waals surface area contributed by atoms with Crippen LogP contribution in [-0.2, 0) is 20.1 Å². The zero-order chi connectivity index (χ0) is 31.4. The Morgan fingerprint density at radius 2 is 1.13 bits per heavy atom. The van der Waals surface area contributed by atoms with Gasteiger partial charge in [0.05, 0.1) is 11.2 Å². The van der Waals surface area contributed by atoms with Gasteiger partial charge in [0.1, 0.15) is 0 Å². The van der Waals surface area contributed by atoms with Crippen molar-refractivity contribution in [3.63, 3.8) is 0 Å². The third-order valence-electron chi connectivity index (χ3n) is 14.1. The van der Waals surface area contributed by atoms with Crippen molar-refractivity contribution < 1.29 is 9.31 Å². The average Bonchev–Trinajstić information content (AvgIpc) is 3.54.